The predicted octanol–water partition coefficient (Wildman–Crippen LogP) is 12.8. The fourth-order valence-corrected chi connectivity index (χ4v) is 6.65. The molecule has 9 heteroatoms. The van der Waals surface area contributed by atoms with Crippen molar-refractivity contribution in [2.24, 2.45) is 0 Å². The molecule has 0 spiro atoms. The zero-order valence-electron chi connectivity index (χ0n) is 38.5. The number of unbranched alkanes of at least 4 members (excludes halogenated alkanes) is 25. The van der Waals surface area contributed by atoms with Gasteiger partial charge in [-0.25, -0.2) is 4.79 Å². The summed E-state index contributed by atoms with van der Waals surface area (Å²) >= 11 is 0. The second kappa shape index (κ2) is 41.5. The second-order valence-corrected chi connectivity index (χ2v) is 17.4. The molecule has 0 rings (SSSR count). The van der Waals surface area contributed by atoms with E-state index in [1.807, 2.05) is 21.1 Å². The molecule has 58 heavy (non-hydrogen) atoms. The monoisotopic (exact) mass is 823 g/mol. The number of carboxylic acid groups (broad SMARTS) is 1. The van der Waals surface area contributed by atoms with Gasteiger partial charge in [-0.2, -0.15) is 0 Å². The van der Waals surface area contributed by atoms with E-state index in [4.69, 9.17) is 18.9 Å². The Kier molecular flexibility index (Phi) is 39.9. The summed E-state index contributed by atoms with van der Waals surface area (Å²) in [7, 11) is 5.96. The summed E-state index contributed by atoms with van der Waals surface area (Å²) in [5.41, 5.74) is 0. The molecular weight excluding hydrogens is 731 g/mol. The first-order valence-electron chi connectivity index (χ1n) is 24.0. The Morgan fingerprint density at radius 3 is 1.28 bits per heavy atom. The van der Waals surface area contributed by atoms with Gasteiger partial charge in [-0.1, -0.05) is 160 Å². The van der Waals surface area contributed by atoms with Gasteiger partial charge in [0.15, 0.2) is 6.10 Å². The van der Waals surface area contributed by atoms with Crippen LogP contribution in [0.25, 0.3) is 0 Å². The number of carboxylic acids is 1. The van der Waals surface area contributed by atoms with Crippen molar-refractivity contribution in [3.8, 4) is 0 Å². The maximum atomic E-state index is 12.8. The largest absolute Gasteiger partial charge is 0.477 e. The highest BCUT2D eigenvalue weighted by Gasteiger charge is 2.25. The molecule has 2 unspecified atom stereocenters. The summed E-state index contributed by atoms with van der Waals surface area (Å²) < 4.78 is 22.8. The van der Waals surface area contributed by atoms with E-state index in [2.05, 4.69) is 38.2 Å². The molecule has 340 valence electrons. The maximum absolute atomic E-state index is 12.8. The smallest absolute Gasteiger partial charge is 0.361 e. The summed E-state index contributed by atoms with van der Waals surface area (Å²) in [5, 5.41) is 9.65. The molecule has 0 aliphatic heterocycles. The molecule has 0 saturated heterocycles. The zero-order chi connectivity index (χ0) is 42.8. The predicted molar refractivity (Wildman–Crippen MR) is 240 cm³/mol. The number of quaternary nitrogens is 1. The van der Waals surface area contributed by atoms with E-state index in [0.717, 1.165) is 64.2 Å². The Balaban J connectivity index is 4.41. The minimum absolute atomic E-state index is 0.185. The lowest BCUT2D eigenvalue weighted by Crippen LogP contribution is -2.40. The van der Waals surface area contributed by atoms with Crippen LogP contribution < -0.4 is 0 Å². The minimum Gasteiger partial charge on any atom is -0.477 e. The summed E-state index contributed by atoms with van der Waals surface area (Å²) in [4.78, 5) is 37.2. The van der Waals surface area contributed by atoms with E-state index in [1.165, 1.54) is 122 Å². The summed E-state index contributed by atoms with van der Waals surface area (Å²) in [6, 6.07) is 0. The quantitative estimate of drug-likeness (QED) is 0.0213. The number of likely N-dealkylation sites (N-methyl/N-ethyl adjacent to an activating group) is 1. The summed E-state index contributed by atoms with van der Waals surface area (Å²) in [5.74, 6) is -2.02. The van der Waals surface area contributed by atoms with E-state index in [-0.39, 0.29) is 32.2 Å². The van der Waals surface area contributed by atoms with Crippen molar-refractivity contribution in [2.45, 2.75) is 225 Å². The number of hydrogen-bond donors (Lipinski definition) is 1. The zero-order valence-corrected chi connectivity index (χ0v) is 38.5. The first-order chi connectivity index (χ1) is 28.1. The number of esters is 2. The second-order valence-electron chi connectivity index (χ2n) is 17.4. The number of rotatable bonds is 44. The molecule has 0 aromatic heterocycles. The Hall–Kier alpha value is -2.23. The highest BCUT2D eigenvalue weighted by atomic mass is 16.7. The van der Waals surface area contributed by atoms with Gasteiger partial charge >= 0.3 is 17.9 Å². The van der Waals surface area contributed by atoms with Crippen molar-refractivity contribution in [3.05, 3.63) is 24.3 Å². The highest BCUT2D eigenvalue weighted by molar-refractivity contribution is 5.71. The van der Waals surface area contributed by atoms with E-state index >= 15 is 0 Å². The van der Waals surface area contributed by atoms with Gasteiger partial charge in [-0.05, 0) is 64.2 Å². The van der Waals surface area contributed by atoms with Crippen molar-refractivity contribution < 1.29 is 42.9 Å². The minimum atomic E-state index is -1.51. The number of allylic oxidation sites excluding steroid dienone is 4. The third-order valence-electron chi connectivity index (χ3n) is 10.4. The molecule has 2 atom stereocenters. The molecule has 9 nitrogen and oxygen atoms in total. The number of carbonyl (C=O) groups is 3. The molecule has 1 N–H and O–H groups in total. The lowest BCUT2D eigenvalue weighted by atomic mass is 10.1. The molecular formula is C49H92NO8+. The van der Waals surface area contributed by atoms with Crippen LogP contribution in [0.3, 0.4) is 0 Å². The van der Waals surface area contributed by atoms with Gasteiger partial charge in [-0.3, -0.25) is 9.59 Å². The van der Waals surface area contributed by atoms with Crippen molar-refractivity contribution in [1.29, 1.82) is 0 Å². The molecule has 0 saturated carbocycles. The fraction of sp³-hybridized carbons (Fsp3) is 0.857. The number of ether oxygens (including phenoxy) is 4. The molecule has 0 amide bonds. The Morgan fingerprint density at radius 1 is 0.500 bits per heavy atom. The van der Waals surface area contributed by atoms with Crippen LogP contribution in [0.2, 0.25) is 0 Å². The Labute approximate surface area is 357 Å². The van der Waals surface area contributed by atoms with E-state index in [9.17, 15) is 19.5 Å². The highest BCUT2D eigenvalue weighted by Crippen LogP contribution is 2.14. The van der Waals surface area contributed by atoms with Crippen LogP contribution in [0.1, 0.15) is 213 Å². The molecule has 0 aromatic carbocycles. The van der Waals surface area contributed by atoms with Crippen LogP contribution in [0.5, 0.6) is 0 Å². The lowest BCUT2D eigenvalue weighted by Gasteiger charge is -2.25. The van der Waals surface area contributed by atoms with Gasteiger partial charge in [0, 0.05) is 12.8 Å². The fourth-order valence-electron chi connectivity index (χ4n) is 6.65. The molecule has 0 aliphatic carbocycles. The van der Waals surface area contributed by atoms with Crippen molar-refractivity contribution in [3.63, 3.8) is 0 Å². The third-order valence-corrected chi connectivity index (χ3v) is 10.4. The van der Waals surface area contributed by atoms with Crippen LogP contribution in [-0.2, 0) is 33.3 Å². The lowest BCUT2D eigenvalue weighted by molar-refractivity contribution is -0.870. The maximum Gasteiger partial charge on any atom is 0.361 e. The Morgan fingerprint density at radius 2 is 0.879 bits per heavy atom. The standard InChI is InChI=1S/C49H91NO8/c1-6-8-10-12-14-16-18-20-22-24-26-28-30-32-34-36-38-40-47(52)58-45(44-57-49(48(53)54)55-42-41-50(3,4)5)43-56-46(51)39-37-35-33-31-29-27-25-23-21-19-17-15-13-11-9-7-2/h20,22-23,25,45,49H,6-19,21,24,26-44H2,1-5H3/p+1/b22-20-,25-23-. The van der Waals surface area contributed by atoms with Crippen LogP contribution in [0.15, 0.2) is 24.3 Å². The van der Waals surface area contributed by atoms with Crippen LogP contribution in [0.4, 0.5) is 0 Å². The van der Waals surface area contributed by atoms with Gasteiger partial charge in [-0.15, -0.1) is 0 Å². The van der Waals surface area contributed by atoms with Gasteiger partial charge < -0.3 is 28.5 Å². The summed E-state index contributed by atoms with van der Waals surface area (Å²) in [6.45, 7) is 4.86. The van der Waals surface area contributed by atoms with Crippen LogP contribution in [0, 0.1) is 0 Å². The number of hydrogen-bond acceptors (Lipinski definition) is 7. The van der Waals surface area contributed by atoms with Crippen molar-refractivity contribution in [1.82, 2.24) is 0 Å². The normalized spacial score (nSPS) is 13.1. The van der Waals surface area contributed by atoms with Crippen LogP contribution >= 0.6 is 0 Å². The van der Waals surface area contributed by atoms with Gasteiger partial charge in [0.1, 0.15) is 13.2 Å². The summed E-state index contributed by atoms with van der Waals surface area (Å²) in [6.07, 6.45) is 42.3. The van der Waals surface area contributed by atoms with Crippen molar-refractivity contribution >= 4 is 17.9 Å². The number of aliphatic carboxylic acids is 1. The number of nitrogens with zero attached hydrogens (tertiary/aromatic N) is 1. The van der Waals surface area contributed by atoms with E-state index < -0.39 is 24.3 Å². The van der Waals surface area contributed by atoms with Gasteiger partial charge in [0.2, 0.25) is 0 Å². The first kappa shape index (κ1) is 55.8. The first-order valence-corrected chi connectivity index (χ1v) is 24.0. The van der Waals surface area contributed by atoms with E-state index in [1.54, 1.807) is 0 Å². The molecule has 0 bridgehead atoms. The number of carbonyl (C=O) groups excluding carboxylic acids is 2. The molecule has 0 radical (unpaired) electrons. The average Bonchev–Trinajstić information content (AvgIpc) is 3.18. The SMILES string of the molecule is CCCCCCCC/C=C\CCCCCCCCCC(=O)OC(COC(=O)CCCCCCC/C=C\CCCCCCCCC)COC(OCC[N+](C)(C)C)C(=O)O. The van der Waals surface area contributed by atoms with E-state index in [0.29, 0.717) is 17.4 Å². The van der Waals surface area contributed by atoms with Gasteiger partial charge in [0.05, 0.1) is 34.4 Å². The average molecular weight is 823 g/mol. The molecule has 0 heterocycles. The topological polar surface area (TPSA) is 108 Å². The van der Waals surface area contributed by atoms with Crippen molar-refractivity contribution in [2.75, 3.05) is 47.5 Å². The Bertz CT molecular complexity index is 1010. The third kappa shape index (κ3) is 41.9. The molecule has 0 aromatic rings. The van der Waals surface area contributed by atoms with Gasteiger partial charge in [0.25, 0.3) is 6.29 Å². The molecule has 0 aliphatic rings. The van der Waals surface area contributed by atoms with Crippen LogP contribution in [-0.4, -0.2) is 87.4 Å². The molecule has 0 fully saturated rings.